The van der Waals surface area contributed by atoms with Crippen LogP contribution < -0.4 is 4.90 Å². The molecule has 3 aromatic rings. The zero-order chi connectivity index (χ0) is 19.3. The van der Waals surface area contributed by atoms with Gasteiger partial charge in [0.1, 0.15) is 0 Å². The Morgan fingerprint density at radius 3 is 2.18 bits per heavy atom. The Morgan fingerprint density at radius 1 is 0.857 bits per heavy atom. The Morgan fingerprint density at radius 2 is 1.50 bits per heavy atom. The Balaban J connectivity index is 1.77. The topological polar surface area (TPSA) is 20.3 Å². The van der Waals surface area contributed by atoms with Crippen LogP contribution in [-0.2, 0) is 4.79 Å². The van der Waals surface area contributed by atoms with Crippen molar-refractivity contribution in [3.8, 4) is 0 Å². The van der Waals surface area contributed by atoms with Gasteiger partial charge in [0, 0.05) is 23.2 Å². The lowest BCUT2D eigenvalue weighted by Crippen LogP contribution is -2.37. The summed E-state index contributed by atoms with van der Waals surface area (Å²) in [5.41, 5.74) is 4.04. The van der Waals surface area contributed by atoms with Gasteiger partial charge >= 0.3 is 0 Å². The van der Waals surface area contributed by atoms with Crippen molar-refractivity contribution in [3.63, 3.8) is 0 Å². The van der Waals surface area contributed by atoms with Crippen molar-refractivity contribution < 1.29 is 4.79 Å². The van der Waals surface area contributed by atoms with Gasteiger partial charge in [0.15, 0.2) is 5.78 Å². The highest BCUT2D eigenvalue weighted by Crippen LogP contribution is 2.34. The second kappa shape index (κ2) is 8.28. The molecule has 0 saturated carbocycles. The maximum atomic E-state index is 12.5. The van der Waals surface area contributed by atoms with E-state index in [-0.39, 0.29) is 11.8 Å². The van der Waals surface area contributed by atoms with Gasteiger partial charge in [-0.15, -0.1) is 0 Å². The van der Waals surface area contributed by atoms with Crippen LogP contribution in [0.3, 0.4) is 0 Å². The molecule has 0 radical (unpaired) electrons. The third-order valence-corrected chi connectivity index (χ3v) is 5.04. The number of halogens is 1. The van der Waals surface area contributed by atoms with E-state index in [1.165, 1.54) is 0 Å². The fraction of sp³-hybridized carbons (Fsp3) is 0.0800. The van der Waals surface area contributed by atoms with E-state index in [1.54, 1.807) is 6.08 Å². The van der Waals surface area contributed by atoms with E-state index in [0.717, 1.165) is 22.5 Å². The van der Waals surface area contributed by atoms with Crippen LogP contribution in [0, 0.1) is 0 Å². The number of allylic oxidation sites excluding steroid dienone is 1. The zero-order valence-electron chi connectivity index (χ0n) is 15.3. The standard InChI is InChI=1S/C25H20ClNO/c26-21-12-15-22(16-13-21)27-23(14-11-19-7-3-1-4-8-19)17-24(28)18-25(27)20-9-5-2-6-10-20/h1-16,18,23H,17H2/b14-11+. The fourth-order valence-electron chi connectivity index (χ4n) is 3.46. The number of ketones is 1. The second-order valence-electron chi connectivity index (χ2n) is 6.75. The van der Waals surface area contributed by atoms with Crippen molar-refractivity contribution in [2.24, 2.45) is 0 Å². The number of carbonyl (C=O) groups is 1. The molecule has 1 heterocycles. The highest BCUT2D eigenvalue weighted by molar-refractivity contribution is 6.30. The molecule has 138 valence electrons. The predicted octanol–water partition coefficient (Wildman–Crippen LogP) is 6.24. The number of anilines is 1. The number of benzene rings is 3. The molecule has 0 spiro atoms. The van der Waals surface area contributed by atoms with Gasteiger partial charge < -0.3 is 4.90 Å². The monoisotopic (exact) mass is 385 g/mol. The van der Waals surface area contributed by atoms with E-state index in [9.17, 15) is 4.79 Å². The minimum Gasteiger partial charge on any atom is -0.333 e. The molecule has 1 atom stereocenters. The minimum atomic E-state index is -0.0749. The summed E-state index contributed by atoms with van der Waals surface area (Å²) in [5, 5.41) is 0.693. The first-order chi connectivity index (χ1) is 13.7. The summed E-state index contributed by atoms with van der Waals surface area (Å²) >= 11 is 6.10. The van der Waals surface area contributed by atoms with E-state index < -0.39 is 0 Å². The molecule has 0 saturated heterocycles. The lowest BCUT2D eigenvalue weighted by molar-refractivity contribution is -0.114. The second-order valence-corrected chi connectivity index (χ2v) is 7.19. The number of hydrogen-bond acceptors (Lipinski definition) is 2. The summed E-state index contributed by atoms with van der Waals surface area (Å²) in [5.74, 6) is 0.131. The smallest absolute Gasteiger partial charge is 0.160 e. The van der Waals surface area contributed by atoms with Crippen molar-refractivity contribution in [2.75, 3.05) is 4.90 Å². The molecule has 1 unspecified atom stereocenters. The Kier molecular flexibility index (Phi) is 5.41. The Labute approximate surface area is 170 Å². The molecule has 1 aliphatic heterocycles. The number of carbonyl (C=O) groups excluding carboxylic acids is 1. The SMILES string of the molecule is O=C1C=C(c2ccccc2)N(c2ccc(Cl)cc2)C(/C=C/c2ccccc2)C1. The van der Waals surface area contributed by atoms with Crippen LogP contribution in [0.4, 0.5) is 5.69 Å². The average Bonchev–Trinajstić information content (AvgIpc) is 2.74. The van der Waals surface area contributed by atoms with Gasteiger partial charge in [-0.3, -0.25) is 4.79 Å². The predicted molar refractivity (Wildman–Crippen MR) is 117 cm³/mol. The third kappa shape index (κ3) is 4.08. The van der Waals surface area contributed by atoms with Gasteiger partial charge in [-0.2, -0.15) is 0 Å². The van der Waals surface area contributed by atoms with Crippen LogP contribution in [-0.4, -0.2) is 11.8 Å². The van der Waals surface area contributed by atoms with Crippen molar-refractivity contribution in [1.82, 2.24) is 0 Å². The summed E-state index contributed by atoms with van der Waals surface area (Å²) in [6, 6.07) is 27.9. The average molecular weight is 386 g/mol. The highest BCUT2D eigenvalue weighted by Gasteiger charge is 2.28. The molecule has 1 aliphatic rings. The molecule has 0 aliphatic carbocycles. The Bertz CT molecular complexity index is 1010. The van der Waals surface area contributed by atoms with Gasteiger partial charge in [-0.05, 0) is 35.4 Å². The molecule has 28 heavy (non-hydrogen) atoms. The van der Waals surface area contributed by atoms with Crippen molar-refractivity contribution in [2.45, 2.75) is 12.5 Å². The van der Waals surface area contributed by atoms with E-state index in [1.807, 2.05) is 72.8 Å². The normalized spacial score (nSPS) is 17.0. The molecule has 0 N–H and O–H groups in total. The van der Waals surface area contributed by atoms with Crippen LogP contribution >= 0.6 is 11.6 Å². The van der Waals surface area contributed by atoms with Crippen molar-refractivity contribution in [3.05, 3.63) is 113 Å². The number of rotatable bonds is 4. The molecule has 0 fully saturated rings. The maximum Gasteiger partial charge on any atom is 0.160 e. The highest BCUT2D eigenvalue weighted by atomic mass is 35.5. The lowest BCUT2D eigenvalue weighted by atomic mass is 9.96. The van der Waals surface area contributed by atoms with Crippen molar-refractivity contribution >= 4 is 34.8 Å². The minimum absolute atomic E-state index is 0.0749. The van der Waals surface area contributed by atoms with Crippen LogP contribution in [0.5, 0.6) is 0 Å². The van der Waals surface area contributed by atoms with Crippen LogP contribution in [0.1, 0.15) is 17.5 Å². The third-order valence-electron chi connectivity index (χ3n) is 4.78. The number of nitrogens with zero attached hydrogens (tertiary/aromatic N) is 1. The summed E-state index contributed by atoms with van der Waals surface area (Å²) in [7, 11) is 0. The van der Waals surface area contributed by atoms with Gasteiger partial charge in [-0.25, -0.2) is 0 Å². The largest absolute Gasteiger partial charge is 0.333 e. The van der Waals surface area contributed by atoms with Crippen LogP contribution in [0.2, 0.25) is 5.02 Å². The quantitative estimate of drug-likeness (QED) is 0.529. The zero-order valence-corrected chi connectivity index (χ0v) is 16.1. The van der Waals surface area contributed by atoms with Crippen LogP contribution in [0.15, 0.2) is 97.1 Å². The first kappa shape index (κ1) is 18.3. The molecule has 4 rings (SSSR count). The van der Waals surface area contributed by atoms with E-state index in [4.69, 9.17) is 11.6 Å². The first-order valence-corrected chi connectivity index (χ1v) is 9.66. The summed E-state index contributed by atoms with van der Waals surface area (Å²) in [6.45, 7) is 0. The van der Waals surface area contributed by atoms with Gasteiger partial charge in [0.05, 0.1) is 11.7 Å². The van der Waals surface area contributed by atoms with Crippen molar-refractivity contribution in [1.29, 1.82) is 0 Å². The van der Waals surface area contributed by atoms with E-state index in [0.29, 0.717) is 11.4 Å². The number of hydrogen-bond donors (Lipinski definition) is 0. The summed E-state index contributed by atoms with van der Waals surface area (Å²) in [4.78, 5) is 14.8. The molecule has 3 heteroatoms. The lowest BCUT2D eigenvalue weighted by Gasteiger charge is -2.36. The molecule has 2 nitrogen and oxygen atoms in total. The van der Waals surface area contributed by atoms with Gasteiger partial charge in [-0.1, -0.05) is 84.4 Å². The molecule has 0 amide bonds. The molecular weight excluding hydrogens is 366 g/mol. The molecule has 0 bridgehead atoms. The Hall–Kier alpha value is -3.10. The van der Waals surface area contributed by atoms with Gasteiger partial charge in [0.25, 0.3) is 0 Å². The van der Waals surface area contributed by atoms with E-state index in [2.05, 4.69) is 29.2 Å². The maximum absolute atomic E-state index is 12.5. The summed E-state index contributed by atoms with van der Waals surface area (Å²) in [6.07, 6.45) is 6.37. The summed E-state index contributed by atoms with van der Waals surface area (Å²) < 4.78 is 0. The molecule has 0 aromatic heterocycles. The molecule has 3 aromatic carbocycles. The van der Waals surface area contributed by atoms with Gasteiger partial charge in [0.2, 0.25) is 0 Å². The van der Waals surface area contributed by atoms with Crippen LogP contribution in [0.25, 0.3) is 11.8 Å². The molecular formula is C25H20ClNO. The first-order valence-electron chi connectivity index (χ1n) is 9.29. The fourth-order valence-corrected chi connectivity index (χ4v) is 3.59. The van der Waals surface area contributed by atoms with E-state index >= 15 is 0 Å².